The molecular weight excluding hydrogens is 338 g/mol. The van der Waals surface area contributed by atoms with Crippen molar-refractivity contribution in [3.8, 4) is 0 Å². The van der Waals surface area contributed by atoms with E-state index in [4.69, 9.17) is 11.6 Å². The number of halogens is 1. The summed E-state index contributed by atoms with van der Waals surface area (Å²) in [4.78, 5) is 12.2. The molecule has 1 unspecified atom stereocenters. The van der Waals surface area contributed by atoms with Crippen molar-refractivity contribution >= 4 is 33.2 Å². The van der Waals surface area contributed by atoms with Gasteiger partial charge in [0.05, 0.1) is 16.3 Å². The maximum atomic E-state index is 12.3. The number of fused-ring (bicyclic) bond motifs is 1. The van der Waals surface area contributed by atoms with Gasteiger partial charge in [0.2, 0.25) is 10.0 Å². The quantitative estimate of drug-likeness (QED) is 0.790. The van der Waals surface area contributed by atoms with Gasteiger partial charge < -0.3 is 10.6 Å². The fourth-order valence-electron chi connectivity index (χ4n) is 2.39. The first-order valence-corrected chi connectivity index (χ1v) is 8.68. The highest BCUT2D eigenvalue weighted by atomic mass is 35.5. The summed E-state index contributed by atoms with van der Waals surface area (Å²) in [5.74, 6) is -0.364. The smallest absolute Gasteiger partial charge is 0.255 e. The molecule has 0 saturated carbocycles. The molecule has 2 aromatic carbocycles. The molecule has 8 heteroatoms. The Bertz CT molecular complexity index is 869. The number of anilines is 1. The van der Waals surface area contributed by atoms with Crippen LogP contribution in [0.5, 0.6) is 0 Å². The highest BCUT2D eigenvalue weighted by molar-refractivity contribution is 7.89. The average Bonchev–Trinajstić information content (AvgIpc) is 2.54. The lowest BCUT2D eigenvalue weighted by molar-refractivity contribution is 0.0935. The Morgan fingerprint density at radius 3 is 2.48 bits per heavy atom. The Hall–Kier alpha value is -2.09. The maximum absolute atomic E-state index is 12.3. The Morgan fingerprint density at radius 1 is 1.13 bits per heavy atom. The lowest BCUT2D eigenvalue weighted by Gasteiger charge is -2.28. The normalized spacial score (nSPS) is 17.1. The van der Waals surface area contributed by atoms with Crippen molar-refractivity contribution in [2.75, 3.05) is 12.4 Å². The summed E-state index contributed by atoms with van der Waals surface area (Å²) in [5.41, 5.74) is 1.60. The van der Waals surface area contributed by atoms with E-state index in [1.54, 1.807) is 0 Å². The lowest BCUT2D eigenvalue weighted by atomic mass is 10.1. The summed E-state index contributed by atoms with van der Waals surface area (Å²) >= 11 is 6.08. The van der Waals surface area contributed by atoms with Crippen molar-refractivity contribution in [1.29, 1.82) is 0 Å². The monoisotopic (exact) mass is 351 g/mol. The van der Waals surface area contributed by atoms with Crippen LogP contribution in [0.1, 0.15) is 22.1 Å². The van der Waals surface area contributed by atoms with Gasteiger partial charge >= 0.3 is 0 Å². The van der Waals surface area contributed by atoms with Gasteiger partial charge in [0.25, 0.3) is 5.91 Å². The minimum Gasteiger partial charge on any atom is -0.361 e. The number of hydrogen-bond acceptors (Lipinski definition) is 4. The maximum Gasteiger partial charge on any atom is 0.255 e. The number of sulfonamides is 1. The van der Waals surface area contributed by atoms with E-state index in [2.05, 4.69) is 15.4 Å². The van der Waals surface area contributed by atoms with Crippen LogP contribution in [-0.4, -0.2) is 21.4 Å². The van der Waals surface area contributed by atoms with Gasteiger partial charge in [0.1, 0.15) is 11.1 Å². The number of carbonyl (C=O) groups excluding carboxylic acids is 1. The average molecular weight is 352 g/mol. The summed E-state index contributed by atoms with van der Waals surface area (Å²) in [6.45, 7) is 0. The topological polar surface area (TPSA) is 87.3 Å². The molecule has 1 heterocycles. The van der Waals surface area contributed by atoms with Crippen LogP contribution in [0.2, 0.25) is 5.02 Å². The van der Waals surface area contributed by atoms with Crippen LogP contribution < -0.4 is 15.4 Å². The molecule has 6 nitrogen and oxygen atoms in total. The van der Waals surface area contributed by atoms with E-state index in [1.807, 2.05) is 30.3 Å². The summed E-state index contributed by atoms with van der Waals surface area (Å²) < 4.78 is 26.1. The Morgan fingerprint density at radius 2 is 1.83 bits per heavy atom. The molecule has 0 aromatic heterocycles. The SMILES string of the molecule is CNS(=O)(=O)c1cc2c(cc1Cl)NC(c1ccccc1)NC2=O. The third-order valence-electron chi connectivity index (χ3n) is 3.58. The molecule has 1 amide bonds. The molecule has 3 rings (SSSR count). The molecule has 0 radical (unpaired) electrons. The molecule has 1 aliphatic rings. The van der Waals surface area contributed by atoms with E-state index in [9.17, 15) is 13.2 Å². The highest BCUT2D eigenvalue weighted by Gasteiger charge is 2.28. The van der Waals surface area contributed by atoms with Crippen molar-refractivity contribution < 1.29 is 13.2 Å². The Balaban J connectivity index is 2.04. The van der Waals surface area contributed by atoms with Crippen LogP contribution in [-0.2, 0) is 10.0 Å². The number of hydrogen-bond donors (Lipinski definition) is 3. The fourth-order valence-corrected chi connectivity index (χ4v) is 3.67. The van der Waals surface area contributed by atoms with Crippen molar-refractivity contribution in [1.82, 2.24) is 10.0 Å². The Kier molecular flexibility index (Phi) is 4.01. The molecule has 2 aromatic rings. The minimum absolute atomic E-state index is 0.0483. The lowest BCUT2D eigenvalue weighted by Crippen LogP contribution is -2.38. The number of rotatable bonds is 3. The van der Waals surface area contributed by atoms with Crippen LogP contribution in [0.25, 0.3) is 0 Å². The van der Waals surface area contributed by atoms with Crippen LogP contribution in [0, 0.1) is 0 Å². The minimum atomic E-state index is -3.74. The standard InChI is InChI=1S/C15H14ClN3O3S/c1-17-23(21,22)13-7-10-12(8-11(13)16)18-14(19-15(10)20)9-5-3-2-4-6-9/h2-8,14,17-18H,1H3,(H,19,20). The van der Waals surface area contributed by atoms with Gasteiger partial charge in [0.15, 0.2) is 0 Å². The second-order valence-electron chi connectivity index (χ2n) is 5.00. The van der Waals surface area contributed by atoms with Crippen LogP contribution in [0.3, 0.4) is 0 Å². The predicted octanol–water partition coefficient (Wildman–Crippen LogP) is 2.10. The molecule has 0 fully saturated rings. The van der Waals surface area contributed by atoms with Gasteiger partial charge in [0, 0.05) is 0 Å². The predicted molar refractivity (Wildman–Crippen MR) is 88.0 cm³/mol. The third-order valence-corrected chi connectivity index (χ3v) is 5.46. The summed E-state index contributed by atoms with van der Waals surface area (Å²) in [5, 5.41) is 5.99. The molecule has 0 aliphatic carbocycles. The van der Waals surface area contributed by atoms with E-state index in [0.29, 0.717) is 5.69 Å². The number of nitrogens with one attached hydrogen (secondary N) is 3. The van der Waals surface area contributed by atoms with Crippen molar-refractivity contribution in [3.63, 3.8) is 0 Å². The molecular formula is C15H14ClN3O3S. The summed E-state index contributed by atoms with van der Waals surface area (Å²) in [6.07, 6.45) is -0.404. The van der Waals surface area contributed by atoms with Gasteiger partial charge in [-0.15, -0.1) is 0 Å². The van der Waals surface area contributed by atoms with Gasteiger partial charge in [-0.05, 0) is 24.7 Å². The third kappa shape index (κ3) is 2.90. The molecule has 0 saturated heterocycles. The van der Waals surface area contributed by atoms with Gasteiger partial charge in [-0.2, -0.15) is 0 Å². The van der Waals surface area contributed by atoms with E-state index >= 15 is 0 Å². The van der Waals surface area contributed by atoms with E-state index in [0.717, 1.165) is 5.56 Å². The van der Waals surface area contributed by atoms with Gasteiger partial charge in [-0.25, -0.2) is 13.1 Å². The van der Waals surface area contributed by atoms with E-state index in [-0.39, 0.29) is 21.4 Å². The first-order valence-electron chi connectivity index (χ1n) is 6.82. The number of carbonyl (C=O) groups is 1. The molecule has 23 heavy (non-hydrogen) atoms. The first kappa shape index (κ1) is 15.8. The number of amides is 1. The van der Waals surface area contributed by atoms with Crippen molar-refractivity contribution in [3.05, 3.63) is 58.6 Å². The molecule has 0 spiro atoms. The molecule has 1 aliphatic heterocycles. The van der Waals surface area contributed by atoms with Crippen LogP contribution in [0.15, 0.2) is 47.4 Å². The van der Waals surface area contributed by atoms with Crippen LogP contribution >= 0.6 is 11.6 Å². The zero-order valence-electron chi connectivity index (χ0n) is 12.1. The van der Waals surface area contributed by atoms with Crippen molar-refractivity contribution in [2.24, 2.45) is 0 Å². The zero-order chi connectivity index (χ0) is 16.6. The molecule has 0 bridgehead atoms. The van der Waals surface area contributed by atoms with E-state index < -0.39 is 16.2 Å². The van der Waals surface area contributed by atoms with Crippen LogP contribution in [0.4, 0.5) is 5.69 Å². The Labute approximate surface area is 138 Å². The summed E-state index contributed by atoms with van der Waals surface area (Å²) in [7, 11) is -2.45. The zero-order valence-corrected chi connectivity index (χ0v) is 13.7. The first-order chi connectivity index (χ1) is 10.9. The molecule has 1 atom stereocenters. The summed E-state index contributed by atoms with van der Waals surface area (Å²) in [6, 6.07) is 12.1. The number of benzene rings is 2. The molecule has 3 N–H and O–H groups in total. The van der Waals surface area contributed by atoms with Crippen molar-refractivity contribution in [2.45, 2.75) is 11.1 Å². The van der Waals surface area contributed by atoms with E-state index in [1.165, 1.54) is 19.2 Å². The van der Waals surface area contributed by atoms with Gasteiger partial charge in [-0.3, -0.25) is 4.79 Å². The fraction of sp³-hybridized carbons (Fsp3) is 0.133. The molecule has 120 valence electrons. The second kappa shape index (κ2) is 5.84. The van der Waals surface area contributed by atoms with Gasteiger partial charge in [-0.1, -0.05) is 41.9 Å². The largest absolute Gasteiger partial charge is 0.361 e. The second-order valence-corrected chi connectivity index (χ2v) is 7.26. The highest BCUT2D eigenvalue weighted by Crippen LogP contribution is 2.33.